The largest absolute Gasteiger partial charge is 0.496 e. The molecule has 2 rings (SSSR count). The average molecular weight is 306 g/mol. The minimum absolute atomic E-state index is 0.0638. The van der Waals surface area contributed by atoms with E-state index in [2.05, 4.69) is 17.4 Å². The highest BCUT2D eigenvalue weighted by Crippen LogP contribution is 2.37. The molecular weight excluding hydrogens is 286 g/mol. The first-order chi connectivity index (χ1) is 10.2. The fourth-order valence-corrected chi connectivity index (χ4v) is 2.71. The summed E-state index contributed by atoms with van der Waals surface area (Å²) in [6.07, 6.45) is -0.136. The van der Waals surface area contributed by atoms with Crippen LogP contribution >= 0.6 is 11.6 Å². The smallest absolute Gasteiger partial charge is 0.123 e. The van der Waals surface area contributed by atoms with E-state index in [1.165, 1.54) is 0 Å². The average Bonchev–Trinajstić information content (AvgIpc) is 2.53. The number of nitrogens with one attached hydrogen (secondary N) is 1. The summed E-state index contributed by atoms with van der Waals surface area (Å²) in [5.74, 6) is 0.789. The molecule has 0 radical (unpaired) electrons. The maximum atomic E-state index is 6.14. The third kappa shape index (κ3) is 3.56. The molecule has 2 aromatic carbocycles. The second-order valence-corrected chi connectivity index (χ2v) is 5.16. The first-order valence-electron chi connectivity index (χ1n) is 6.79. The van der Waals surface area contributed by atoms with Crippen molar-refractivity contribution in [2.75, 3.05) is 21.3 Å². The molecule has 0 aliphatic carbocycles. The monoisotopic (exact) mass is 305 g/mol. The van der Waals surface area contributed by atoms with E-state index in [0.717, 1.165) is 16.9 Å². The molecule has 0 aliphatic heterocycles. The summed E-state index contributed by atoms with van der Waals surface area (Å²) >= 11 is 6.14. The van der Waals surface area contributed by atoms with Gasteiger partial charge in [-0.3, -0.25) is 0 Å². The van der Waals surface area contributed by atoms with E-state index in [4.69, 9.17) is 21.1 Å². The number of methoxy groups -OCH3 is 2. The van der Waals surface area contributed by atoms with Crippen molar-refractivity contribution in [2.24, 2.45) is 0 Å². The van der Waals surface area contributed by atoms with Gasteiger partial charge in [0.1, 0.15) is 11.9 Å². The Bertz CT molecular complexity index is 574. The van der Waals surface area contributed by atoms with Crippen molar-refractivity contribution < 1.29 is 9.47 Å². The van der Waals surface area contributed by atoms with Crippen molar-refractivity contribution in [1.29, 1.82) is 0 Å². The fourth-order valence-electron chi connectivity index (χ4n) is 2.53. The number of hydrogen-bond donors (Lipinski definition) is 1. The van der Waals surface area contributed by atoms with Gasteiger partial charge in [0, 0.05) is 17.7 Å². The summed E-state index contributed by atoms with van der Waals surface area (Å²) in [5.41, 5.74) is 2.07. The van der Waals surface area contributed by atoms with Gasteiger partial charge in [0.15, 0.2) is 0 Å². The molecule has 0 fully saturated rings. The second-order valence-electron chi connectivity index (χ2n) is 4.72. The Balaban J connectivity index is 2.45. The highest BCUT2D eigenvalue weighted by Gasteiger charge is 2.26. The topological polar surface area (TPSA) is 30.5 Å². The Morgan fingerprint density at radius 1 is 1.05 bits per heavy atom. The quantitative estimate of drug-likeness (QED) is 0.875. The van der Waals surface area contributed by atoms with Gasteiger partial charge in [-0.05, 0) is 30.8 Å². The normalized spacial score (nSPS) is 13.7. The SMILES string of the molecule is CNC(c1cc(Cl)ccc1OC)C(OC)c1ccccc1. The predicted octanol–water partition coefficient (Wildman–Crippen LogP) is 4.00. The molecular formula is C17H20ClNO2. The number of hydrogen-bond acceptors (Lipinski definition) is 3. The Labute approximate surface area is 130 Å². The molecule has 3 nitrogen and oxygen atoms in total. The Hall–Kier alpha value is -1.55. The summed E-state index contributed by atoms with van der Waals surface area (Å²) in [6.45, 7) is 0. The Kier molecular flexibility index (Phi) is 5.62. The molecule has 0 saturated heterocycles. The maximum Gasteiger partial charge on any atom is 0.123 e. The van der Waals surface area contributed by atoms with Crippen molar-refractivity contribution in [2.45, 2.75) is 12.1 Å². The van der Waals surface area contributed by atoms with E-state index in [1.807, 2.05) is 43.4 Å². The van der Waals surface area contributed by atoms with Crippen LogP contribution in [0.3, 0.4) is 0 Å². The summed E-state index contributed by atoms with van der Waals surface area (Å²) < 4.78 is 11.2. The number of benzene rings is 2. The van der Waals surface area contributed by atoms with Gasteiger partial charge in [-0.15, -0.1) is 0 Å². The zero-order valence-corrected chi connectivity index (χ0v) is 13.2. The number of rotatable bonds is 6. The minimum Gasteiger partial charge on any atom is -0.496 e. The van der Waals surface area contributed by atoms with Crippen LogP contribution in [-0.2, 0) is 4.74 Å². The number of ether oxygens (including phenoxy) is 2. The van der Waals surface area contributed by atoms with Gasteiger partial charge in [0.25, 0.3) is 0 Å². The number of likely N-dealkylation sites (N-methyl/N-ethyl adjacent to an activating group) is 1. The lowest BCUT2D eigenvalue weighted by Gasteiger charge is -2.28. The van der Waals surface area contributed by atoms with Crippen LogP contribution in [0.5, 0.6) is 5.75 Å². The van der Waals surface area contributed by atoms with E-state index in [9.17, 15) is 0 Å². The van der Waals surface area contributed by atoms with Gasteiger partial charge in [-0.2, -0.15) is 0 Å². The molecule has 112 valence electrons. The highest BCUT2D eigenvalue weighted by atomic mass is 35.5. The summed E-state index contributed by atoms with van der Waals surface area (Å²) in [7, 11) is 5.27. The lowest BCUT2D eigenvalue weighted by atomic mass is 9.95. The minimum atomic E-state index is -0.136. The van der Waals surface area contributed by atoms with Crippen LogP contribution in [0.4, 0.5) is 0 Å². The van der Waals surface area contributed by atoms with Gasteiger partial charge < -0.3 is 14.8 Å². The van der Waals surface area contributed by atoms with Crippen molar-refractivity contribution in [1.82, 2.24) is 5.32 Å². The molecule has 0 amide bonds. The van der Waals surface area contributed by atoms with Crippen LogP contribution in [-0.4, -0.2) is 21.3 Å². The van der Waals surface area contributed by atoms with E-state index in [0.29, 0.717) is 5.02 Å². The van der Waals surface area contributed by atoms with Crippen molar-refractivity contribution >= 4 is 11.6 Å². The molecule has 21 heavy (non-hydrogen) atoms. The lowest BCUT2D eigenvalue weighted by Crippen LogP contribution is -2.25. The predicted molar refractivity (Wildman–Crippen MR) is 86.0 cm³/mol. The zero-order valence-electron chi connectivity index (χ0n) is 12.5. The molecule has 0 heterocycles. The maximum absolute atomic E-state index is 6.14. The van der Waals surface area contributed by atoms with E-state index in [-0.39, 0.29) is 12.1 Å². The van der Waals surface area contributed by atoms with Crippen molar-refractivity contribution in [3.63, 3.8) is 0 Å². The molecule has 2 aromatic rings. The van der Waals surface area contributed by atoms with Crippen LogP contribution in [0.25, 0.3) is 0 Å². The molecule has 1 N–H and O–H groups in total. The molecule has 0 aliphatic rings. The summed E-state index contributed by atoms with van der Waals surface area (Å²) in [6, 6.07) is 15.6. The van der Waals surface area contributed by atoms with E-state index < -0.39 is 0 Å². The highest BCUT2D eigenvalue weighted by molar-refractivity contribution is 6.30. The molecule has 2 unspecified atom stereocenters. The van der Waals surface area contributed by atoms with Gasteiger partial charge in [-0.25, -0.2) is 0 Å². The fraction of sp³-hybridized carbons (Fsp3) is 0.294. The molecule has 0 aromatic heterocycles. The third-order valence-corrected chi connectivity index (χ3v) is 3.76. The third-order valence-electron chi connectivity index (χ3n) is 3.52. The van der Waals surface area contributed by atoms with Crippen molar-refractivity contribution in [3.8, 4) is 5.75 Å². The zero-order chi connectivity index (χ0) is 15.2. The molecule has 0 saturated carbocycles. The van der Waals surface area contributed by atoms with Crippen LogP contribution in [0.1, 0.15) is 23.3 Å². The Morgan fingerprint density at radius 3 is 2.33 bits per heavy atom. The molecule has 0 spiro atoms. The molecule has 2 atom stereocenters. The van der Waals surface area contributed by atoms with Gasteiger partial charge >= 0.3 is 0 Å². The standard InChI is InChI=1S/C17H20ClNO2/c1-19-16(14-11-13(18)9-10-15(14)20-2)17(21-3)12-7-5-4-6-8-12/h4-11,16-17,19H,1-3H3. The van der Waals surface area contributed by atoms with Crippen LogP contribution in [0.15, 0.2) is 48.5 Å². The van der Waals surface area contributed by atoms with Crippen LogP contribution < -0.4 is 10.1 Å². The van der Waals surface area contributed by atoms with E-state index in [1.54, 1.807) is 14.2 Å². The van der Waals surface area contributed by atoms with Gasteiger partial charge in [-0.1, -0.05) is 41.9 Å². The number of halogens is 1. The second kappa shape index (κ2) is 7.46. The molecule has 4 heteroatoms. The Morgan fingerprint density at radius 2 is 1.76 bits per heavy atom. The first-order valence-corrected chi connectivity index (χ1v) is 7.17. The van der Waals surface area contributed by atoms with Gasteiger partial charge in [0.05, 0.1) is 13.2 Å². The molecule has 0 bridgehead atoms. The van der Waals surface area contributed by atoms with Crippen molar-refractivity contribution in [3.05, 3.63) is 64.7 Å². The van der Waals surface area contributed by atoms with Gasteiger partial charge in [0.2, 0.25) is 0 Å². The van der Waals surface area contributed by atoms with Crippen LogP contribution in [0, 0.1) is 0 Å². The van der Waals surface area contributed by atoms with E-state index >= 15 is 0 Å². The lowest BCUT2D eigenvalue weighted by molar-refractivity contribution is 0.0693. The summed E-state index contributed by atoms with van der Waals surface area (Å²) in [5, 5.41) is 3.98. The summed E-state index contributed by atoms with van der Waals surface area (Å²) in [4.78, 5) is 0. The first kappa shape index (κ1) is 15.8. The van der Waals surface area contributed by atoms with Crippen LogP contribution in [0.2, 0.25) is 5.02 Å².